The normalized spacial score (nSPS) is 13.2. The molecule has 1 heterocycles. The van der Waals surface area contributed by atoms with Crippen molar-refractivity contribution in [2.75, 3.05) is 14.2 Å². The summed E-state index contributed by atoms with van der Waals surface area (Å²) in [6, 6.07) is 4.50. The highest BCUT2D eigenvalue weighted by Gasteiger charge is 2.37. The summed E-state index contributed by atoms with van der Waals surface area (Å²) in [6.07, 6.45) is -3.39. The van der Waals surface area contributed by atoms with Crippen LogP contribution in [0.4, 0.5) is 13.2 Å². The zero-order valence-corrected chi connectivity index (χ0v) is 11.9. The Balaban J connectivity index is 2.51. The molecule has 0 spiro atoms. The van der Waals surface area contributed by atoms with Gasteiger partial charge in [-0.15, -0.1) is 0 Å². The highest BCUT2D eigenvalue weighted by molar-refractivity contribution is 6.28. The van der Waals surface area contributed by atoms with Crippen molar-refractivity contribution in [3.05, 3.63) is 24.0 Å². The molecule has 0 bridgehead atoms. The maximum atomic E-state index is 13.1. The number of benzene rings is 1. The lowest BCUT2D eigenvalue weighted by Crippen LogP contribution is -2.16. The topological polar surface area (TPSA) is 77.8 Å². The molecule has 0 aliphatic heterocycles. The van der Waals surface area contributed by atoms with E-state index in [9.17, 15) is 13.2 Å². The van der Waals surface area contributed by atoms with E-state index >= 15 is 0 Å². The smallest absolute Gasteiger partial charge is 0.449 e. The number of rotatable bonds is 4. The number of hydrogen-bond acceptors (Lipinski definition) is 4. The van der Waals surface area contributed by atoms with E-state index < -0.39 is 12.0 Å². The maximum Gasteiger partial charge on any atom is 0.449 e. The lowest BCUT2D eigenvalue weighted by atomic mass is 10.3. The third-order valence-corrected chi connectivity index (χ3v) is 2.91. The monoisotopic (exact) mass is 313 g/mol. The third-order valence-electron chi connectivity index (χ3n) is 2.91. The molecule has 0 atom stereocenters. The van der Waals surface area contributed by atoms with Gasteiger partial charge in [-0.2, -0.15) is 13.2 Å². The van der Waals surface area contributed by atoms with Gasteiger partial charge in [0.2, 0.25) is 5.82 Å². The Bertz CT molecular complexity index is 733. The Morgan fingerprint density at radius 2 is 2.18 bits per heavy atom. The molecule has 0 unspecified atom stereocenters. The van der Waals surface area contributed by atoms with Crippen LogP contribution < -0.4 is 10.5 Å². The summed E-state index contributed by atoms with van der Waals surface area (Å²) in [7, 11) is 2.89. The number of methoxy groups -OCH3 is 1. The standard InChI is InChI=1S/C13H14F3N5O/c1-18-11(17)6-19-7-21-10-4-3-8(22-2)5-9(10)20-12(21)13(14,15)16/h3-6H,7H2,1-2H3,(H2,17,18)/b19-6-. The second kappa shape index (κ2) is 6.04. The van der Waals surface area contributed by atoms with E-state index in [2.05, 4.69) is 15.0 Å². The van der Waals surface area contributed by atoms with Gasteiger partial charge < -0.3 is 15.0 Å². The number of hydrogen-bond donors (Lipinski definition) is 1. The number of halogens is 3. The molecule has 2 rings (SSSR count). The van der Waals surface area contributed by atoms with Gasteiger partial charge in [0.1, 0.15) is 18.3 Å². The van der Waals surface area contributed by atoms with Crippen LogP contribution in [0, 0.1) is 0 Å². The molecule has 0 aliphatic carbocycles. The molecule has 6 nitrogen and oxygen atoms in total. The minimum atomic E-state index is -4.59. The van der Waals surface area contributed by atoms with E-state index in [0.717, 1.165) is 4.57 Å². The van der Waals surface area contributed by atoms with Gasteiger partial charge in [-0.25, -0.2) is 4.98 Å². The number of amidine groups is 1. The fourth-order valence-corrected chi connectivity index (χ4v) is 1.87. The first-order valence-corrected chi connectivity index (χ1v) is 6.20. The lowest BCUT2D eigenvalue weighted by Gasteiger charge is -2.08. The highest BCUT2D eigenvalue weighted by atomic mass is 19.4. The van der Waals surface area contributed by atoms with Crippen molar-refractivity contribution in [3.63, 3.8) is 0 Å². The Morgan fingerprint density at radius 3 is 2.77 bits per heavy atom. The van der Waals surface area contributed by atoms with Crippen molar-refractivity contribution in [2.45, 2.75) is 12.8 Å². The average Bonchev–Trinajstić information content (AvgIpc) is 2.85. The number of aromatic nitrogens is 2. The van der Waals surface area contributed by atoms with Crippen molar-refractivity contribution < 1.29 is 17.9 Å². The first kappa shape index (κ1) is 15.8. The molecule has 2 aromatic rings. The molecule has 118 valence electrons. The first-order valence-electron chi connectivity index (χ1n) is 6.20. The van der Waals surface area contributed by atoms with Crippen LogP contribution in [-0.4, -0.2) is 35.8 Å². The van der Waals surface area contributed by atoms with Gasteiger partial charge in [0, 0.05) is 13.1 Å². The zero-order valence-electron chi connectivity index (χ0n) is 11.9. The maximum absolute atomic E-state index is 13.1. The molecule has 0 saturated carbocycles. The minimum absolute atomic E-state index is 0.125. The number of imidazole rings is 1. The molecule has 22 heavy (non-hydrogen) atoms. The predicted octanol–water partition coefficient (Wildman–Crippen LogP) is 2.08. The van der Waals surface area contributed by atoms with E-state index in [4.69, 9.17) is 10.5 Å². The number of nitrogens with two attached hydrogens (primary N) is 1. The number of ether oxygens (including phenoxy) is 1. The molecule has 1 aromatic carbocycles. The van der Waals surface area contributed by atoms with Crippen LogP contribution in [0.2, 0.25) is 0 Å². The van der Waals surface area contributed by atoms with Gasteiger partial charge in [0.05, 0.1) is 24.4 Å². The van der Waals surface area contributed by atoms with Crippen molar-refractivity contribution in [1.82, 2.24) is 9.55 Å². The van der Waals surface area contributed by atoms with Crippen LogP contribution in [0.1, 0.15) is 5.82 Å². The molecule has 9 heteroatoms. The zero-order chi connectivity index (χ0) is 16.3. The summed E-state index contributed by atoms with van der Waals surface area (Å²) < 4.78 is 45.3. The number of alkyl halides is 3. The van der Waals surface area contributed by atoms with Crippen LogP contribution in [0.5, 0.6) is 5.75 Å². The van der Waals surface area contributed by atoms with Crippen LogP contribution in [-0.2, 0) is 12.8 Å². The van der Waals surface area contributed by atoms with E-state index in [0.29, 0.717) is 11.3 Å². The van der Waals surface area contributed by atoms with Crippen LogP contribution in [0.3, 0.4) is 0 Å². The SMILES string of the molecule is CN=C(N)/C=N\Cn1c(C(F)(F)F)nc2cc(OC)ccc21. The van der Waals surface area contributed by atoms with E-state index in [1.54, 1.807) is 6.07 Å². The third kappa shape index (κ3) is 3.18. The molecule has 0 saturated heterocycles. The van der Waals surface area contributed by atoms with Crippen LogP contribution >= 0.6 is 0 Å². The van der Waals surface area contributed by atoms with Crippen LogP contribution in [0.25, 0.3) is 11.0 Å². The fourth-order valence-electron chi connectivity index (χ4n) is 1.87. The van der Waals surface area contributed by atoms with Crippen LogP contribution in [0.15, 0.2) is 28.2 Å². The number of aliphatic imine (C=N–C) groups is 2. The minimum Gasteiger partial charge on any atom is -0.497 e. The molecule has 0 radical (unpaired) electrons. The van der Waals surface area contributed by atoms with E-state index in [1.807, 2.05) is 0 Å². The Hall–Kier alpha value is -2.58. The molecule has 1 aromatic heterocycles. The van der Waals surface area contributed by atoms with Gasteiger partial charge >= 0.3 is 6.18 Å². The van der Waals surface area contributed by atoms with Crippen molar-refractivity contribution in [2.24, 2.45) is 15.7 Å². The summed E-state index contributed by atoms with van der Waals surface area (Å²) in [4.78, 5) is 11.1. The Kier molecular flexibility index (Phi) is 4.34. The lowest BCUT2D eigenvalue weighted by molar-refractivity contribution is -0.146. The van der Waals surface area contributed by atoms with E-state index in [1.165, 1.54) is 32.5 Å². The second-order valence-electron chi connectivity index (χ2n) is 4.32. The molecule has 0 fully saturated rings. The summed E-state index contributed by atoms with van der Waals surface area (Å²) in [5, 5.41) is 0. The van der Waals surface area contributed by atoms with Gasteiger partial charge in [-0.05, 0) is 12.1 Å². The predicted molar refractivity (Wildman–Crippen MR) is 77.3 cm³/mol. The highest BCUT2D eigenvalue weighted by Crippen LogP contribution is 2.32. The molecule has 0 amide bonds. The van der Waals surface area contributed by atoms with Gasteiger partial charge in [-0.1, -0.05) is 0 Å². The average molecular weight is 313 g/mol. The first-order chi connectivity index (χ1) is 10.4. The summed E-state index contributed by atoms with van der Waals surface area (Å²) in [6.45, 7) is -0.270. The van der Waals surface area contributed by atoms with Gasteiger partial charge in [-0.3, -0.25) is 9.98 Å². The number of nitrogens with zero attached hydrogens (tertiary/aromatic N) is 4. The van der Waals surface area contributed by atoms with Gasteiger partial charge in [0.25, 0.3) is 0 Å². The Morgan fingerprint density at radius 1 is 1.45 bits per heavy atom. The summed E-state index contributed by atoms with van der Waals surface area (Å²) in [5.74, 6) is -0.476. The molecular formula is C13H14F3N5O. The van der Waals surface area contributed by atoms with Crippen molar-refractivity contribution in [3.8, 4) is 5.75 Å². The number of fused-ring (bicyclic) bond motifs is 1. The van der Waals surface area contributed by atoms with E-state index in [-0.39, 0.29) is 18.0 Å². The van der Waals surface area contributed by atoms with Crippen molar-refractivity contribution >= 4 is 23.1 Å². The molecule has 0 aliphatic rings. The largest absolute Gasteiger partial charge is 0.497 e. The Labute approximate surface area is 124 Å². The molecule has 2 N–H and O–H groups in total. The van der Waals surface area contributed by atoms with Crippen molar-refractivity contribution in [1.29, 1.82) is 0 Å². The summed E-state index contributed by atoms with van der Waals surface area (Å²) >= 11 is 0. The fraction of sp³-hybridized carbons (Fsp3) is 0.308. The second-order valence-corrected chi connectivity index (χ2v) is 4.32. The summed E-state index contributed by atoms with van der Waals surface area (Å²) in [5.41, 5.74) is 5.91. The van der Waals surface area contributed by atoms with Gasteiger partial charge in [0.15, 0.2) is 0 Å². The quantitative estimate of drug-likeness (QED) is 0.693. The molecular weight excluding hydrogens is 299 g/mol.